The second-order valence-electron chi connectivity index (χ2n) is 23.5. The van der Waals surface area contributed by atoms with Crippen molar-refractivity contribution >= 4 is 11.0 Å². The number of benzene rings is 9. The van der Waals surface area contributed by atoms with E-state index in [2.05, 4.69) is 214 Å². The number of pyridine rings is 1. The topological polar surface area (TPSA) is 50.9 Å². The molecule has 0 saturated heterocycles. The maximum Gasteiger partial charge on any atom is 0.149 e. The molecule has 0 atom stereocenters. The normalized spacial score (nSPS) is 12.8. The molecule has 0 unspecified atom stereocenters. The number of aryl methyl sites for hydroxylation is 1. The Hall–Kier alpha value is -8.60. The van der Waals surface area contributed by atoms with E-state index in [0.29, 0.717) is 28.1 Å². The number of hydrogen-bond donors (Lipinski definition) is 1. The van der Waals surface area contributed by atoms with Crippen molar-refractivity contribution < 1.29 is 9.22 Å². The van der Waals surface area contributed by atoms with Gasteiger partial charge in [0, 0.05) is 27.0 Å². The van der Waals surface area contributed by atoms with Gasteiger partial charge in [0.15, 0.2) is 0 Å². The lowest BCUT2D eigenvalue weighted by atomic mass is 9.78. The Kier molecular flexibility index (Phi) is 12.1. The van der Waals surface area contributed by atoms with Crippen LogP contribution in [0.5, 0.6) is 5.75 Å². The Morgan fingerprint density at radius 3 is 1.61 bits per heavy atom. The average Bonchev–Trinajstić information content (AvgIpc) is 3.36. The zero-order chi connectivity index (χ0) is 56.3. The number of imidazole rings is 1. The monoisotopic (exact) mass is 1000 g/mol. The van der Waals surface area contributed by atoms with Crippen molar-refractivity contribution in [3.05, 3.63) is 241 Å². The standard InChI is InChI=1S/C73H67N3O/c1-47-40-54(67-59(52-26-18-13-19-27-52)28-20-30-62(67)72(5,6)7)36-37-65(47)76-66-31-21-29-60(68(66)75-70(76)61-45-58(71(2,3)4)46-63(69(61)77)73(8,9)10)56-41-55(49-24-16-12-17-25-49)42-57(43-56)64-44-53(38-39-74-64)51-34-32-50(33-35-51)48-22-14-11-15-23-48/h11-46,77H,1-10H3/i1D3. The molecular formula is C73H67N3O. The molecule has 1 N–H and O–H groups in total. The molecule has 0 spiro atoms. The summed E-state index contributed by atoms with van der Waals surface area (Å²) < 4.78 is 30.1. The highest BCUT2D eigenvalue weighted by atomic mass is 16.3. The molecule has 380 valence electrons. The van der Waals surface area contributed by atoms with Crippen molar-refractivity contribution in [2.24, 2.45) is 0 Å². The summed E-state index contributed by atoms with van der Waals surface area (Å²) in [5, 5.41) is 12.7. The number of phenols is 1. The van der Waals surface area contributed by atoms with E-state index in [9.17, 15) is 9.22 Å². The van der Waals surface area contributed by atoms with E-state index in [1.807, 2.05) is 71.4 Å². The molecule has 4 nitrogen and oxygen atoms in total. The van der Waals surface area contributed by atoms with Gasteiger partial charge in [0.2, 0.25) is 0 Å². The highest BCUT2D eigenvalue weighted by Crippen LogP contribution is 2.47. The van der Waals surface area contributed by atoms with E-state index in [-0.39, 0.29) is 22.1 Å². The summed E-state index contributed by atoms with van der Waals surface area (Å²) in [6.45, 7) is 16.8. The molecule has 4 heteroatoms. The number of aromatic hydroxyl groups is 1. The molecule has 2 aromatic heterocycles. The third kappa shape index (κ3) is 9.93. The summed E-state index contributed by atoms with van der Waals surface area (Å²) in [6.07, 6.45) is 1.88. The number of aromatic nitrogens is 3. The SMILES string of the molecule is [2H]C([2H])([2H])c1cc(-c2c(-c3ccccc3)cccc2C(C)(C)C)ccc1-n1c(-c2cc(C(C)(C)C)cc(C(C)(C)C)c2O)nc2c(-c3cc(-c4ccccc4)cc(-c4cc(-c5ccc(-c6ccccc6)cc5)ccn4)c3)cccc21. The van der Waals surface area contributed by atoms with Crippen molar-refractivity contribution in [1.29, 1.82) is 0 Å². The Bertz CT molecular complexity index is 4080. The van der Waals surface area contributed by atoms with Gasteiger partial charge in [0.1, 0.15) is 11.6 Å². The van der Waals surface area contributed by atoms with Crippen LogP contribution in [0, 0.1) is 6.85 Å². The number of rotatable bonds is 9. The molecule has 0 amide bonds. The Morgan fingerprint density at radius 2 is 0.974 bits per heavy atom. The van der Waals surface area contributed by atoms with E-state index >= 15 is 0 Å². The Balaban J connectivity index is 1.17. The fourth-order valence-corrected chi connectivity index (χ4v) is 10.8. The zero-order valence-corrected chi connectivity index (χ0v) is 45.6. The van der Waals surface area contributed by atoms with Crippen molar-refractivity contribution in [1.82, 2.24) is 14.5 Å². The van der Waals surface area contributed by atoms with Gasteiger partial charge in [0.25, 0.3) is 0 Å². The number of fused-ring (bicyclic) bond motifs is 1. The van der Waals surface area contributed by atoms with Crippen molar-refractivity contribution in [3.63, 3.8) is 0 Å². The van der Waals surface area contributed by atoms with Gasteiger partial charge in [-0.25, -0.2) is 4.98 Å². The van der Waals surface area contributed by atoms with Crippen LogP contribution < -0.4 is 0 Å². The summed E-state index contributed by atoms with van der Waals surface area (Å²) in [4.78, 5) is 10.6. The van der Waals surface area contributed by atoms with Gasteiger partial charge in [-0.3, -0.25) is 9.55 Å². The van der Waals surface area contributed by atoms with E-state index in [1.54, 1.807) is 0 Å². The minimum absolute atomic E-state index is 0.108. The summed E-state index contributed by atoms with van der Waals surface area (Å²) in [5.74, 6) is 0.545. The maximum absolute atomic E-state index is 12.7. The molecule has 0 radical (unpaired) electrons. The van der Waals surface area contributed by atoms with Gasteiger partial charge >= 0.3 is 0 Å². The van der Waals surface area contributed by atoms with Crippen molar-refractivity contribution in [3.8, 4) is 101 Å². The fourth-order valence-electron chi connectivity index (χ4n) is 10.8. The molecule has 2 heterocycles. The van der Waals surface area contributed by atoms with E-state index in [4.69, 9.17) is 9.97 Å². The van der Waals surface area contributed by atoms with Crippen LogP contribution >= 0.6 is 0 Å². The van der Waals surface area contributed by atoms with Crippen LogP contribution in [0.15, 0.2) is 219 Å². The summed E-state index contributed by atoms with van der Waals surface area (Å²) >= 11 is 0. The predicted molar refractivity (Wildman–Crippen MR) is 325 cm³/mol. The fraction of sp³-hybridized carbons (Fsp3) is 0.178. The molecule has 0 aliphatic carbocycles. The largest absolute Gasteiger partial charge is 0.507 e. The average molecular weight is 1010 g/mol. The molecule has 11 rings (SSSR count). The van der Waals surface area contributed by atoms with E-state index < -0.39 is 12.3 Å². The Labute approximate surface area is 459 Å². The lowest BCUT2D eigenvalue weighted by Gasteiger charge is -2.28. The van der Waals surface area contributed by atoms with Crippen LogP contribution in [-0.2, 0) is 16.2 Å². The third-order valence-electron chi connectivity index (χ3n) is 14.9. The second kappa shape index (κ2) is 19.8. The second-order valence-corrected chi connectivity index (χ2v) is 23.5. The third-order valence-corrected chi connectivity index (χ3v) is 14.9. The van der Waals surface area contributed by atoms with Gasteiger partial charge in [-0.15, -0.1) is 0 Å². The number of hydrogen-bond acceptors (Lipinski definition) is 3. The smallest absolute Gasteiger partial charge is 0.149 e. The molecule has 0 bridgehead atoms. The minimum atomic E-state index is -2.57. The van der Waals surface area contributed by atoms with Gasteiger partial charge < -0.3 is 5.11 Å². The molecule has 0 fully saturated rings. The summed E-state index contributed by atoms with van der Waals surface area (Å²) in [6, 6.07) is 73.0. The zero-order valence-electron chi connectivity index (χ0n) is 48.6. The van der Waals surface area contributed by atoms with Gasteiger partial charge in [-0.1, -0.05) is 220 Å². The molecule has 0 saturated carbocycles. The lowest BCUT2D eigenvalue weighted by molar-refractivity contribution is 0.446. The molecule has 9 aromatic carbocycles. The molecule has 11 aromatic rings. The predicted octanol–water partition coefficient (Wildman–Crippen LogP) is 19.7. The van der Waals surface area contributed by atoms with Crippen LogP contribution in [-0.4, -0.2) is 19.6 Å². The Morgan fingerprint density at radius 1 is 0.416 bits per heavy atom. The van der Waals surface area contributed by atoms with E-state index in [0.717, 1.165) is 89.1 Å². The van der Waals surface area contributed by atoms with E-state index in [1.165, 1.54) is 5.56 Å². The molecule has 77 heavy (non-hydrogen) atoms. The van der Waals surface area contributed by atoms with Crippen LogP contribution in [0.1, 0.15) is 88.7 Å². The van der Waals surface area contributed by atoms with Crippen molar-refractivity contribution in [2.75, 3.05) is 0 Å². The van der Waals surface area contributed by atoms with Gasteiger partial charge in [0.05, 0.1) is 28.0 Å². The first kappa shape index (κ1) is 46.9. The highest BCUT2D eigenvalue weighted by molar-refractivity contribution is 5.98. The number of para-hydroxylation sites is 1. The van der Waals surface area contributed by atoms with Crippen LogP contribution in [0.25, 0.3) is 106 Å². The van der Waals surface area contributed by atoms with Crippen LogP contribution in [0.4, 0.5) is 0 Å². The lowest BCUT2D eigenvalue weighted by Crippen LogP contribution is -2.17. The number of nitrogens with zero attached hydrogens (tertiary/aromatic N) is 3. The van der Waals surface area contributed by atoms with Gasteiger partial charge in [-0.2, -0.15) is 0 Å². The summed E-state index contributed by atoms with van der Waals surface area (Å²) in [5.41, 5.74) is 18.2. The maximum atomic E-state index is 12.7. The number of phenolic OH excluding ortho intramolecular Hbond substituents is 1. The van der Waals surface area contributed by atoms with Crippen LogP contribution in [0.2, 0.25) is 0 Å². The molecule has 0 aliphatic rings. The van der Waals surface area contributed by atoms with Crippen LogP contribution in [0.3, 0.4) is 0 Å². The van der Waals surface area contributed by atoms with Crippen molar-refractivity contribution in [2.45, 2.75) is 85.4 Å². The molecular weight excluding hydrogens is 935 g/mol. The van der Waals surface area contributed by atoms with Gasteiger partial charge in [-0.05, 0) is 156 Å². The quantitative estimate of drug-likeness (QED) is 0.157. The first-order valence-electron chi connectivity index (χ1n) is 28.2. The first-order chi connectivity index (χ1) is 38.1. The minimum Gasteiger partial charge on any atom is -0.507 e. The first-order valence-corrected chi connectivity index (χ1v) is 26.7. The highest BCUT2D eigenvalue weighted by Gasteiger charge is 2.30. The molecule has 0 aliphatic heterocycles. The summed E-state index contributed by atoms with van der Waals surface area (Å²) in [7, 11) is 0.